The topological polar surface area (TPSA) is 55.4 Å². The highest BCUT2D eigenvalue weighted by molar-refractivity contribution is 5.67. The summed E-state index contributed by atoms with van der Waals surface area (Å²) in [6.07, 6.45) is 3.34. The summed E-state index contributed by atoms with van der Waals surface area (Å²) in [5.74, 6) is 0. The van der Waals surface area contributed by atoms with Crippen molar-refractivity contribution in [2.75, 3.05) is 6.54 Å². The Morgan fingerprint density at radius 2 is 2.00 bits per heavy atom. The molecule has 81 valence electrons. The molecule has 0 aliphatic heterocycles. The highest BCUT2D eigenvalue weighted by Crippen LogP contribution is 2.06. The molecule has 1 N–H and O–H groups in total. The summed E-state index contributed by atoms with van der Waals surface area (Å²) in [5, 5.41) is 2.61. The number of carbonyl (C=O) groups is 1. The molecule has 0 atom stereocenters. The summed E-state index contributed by atoms with van der Waals surface area (Å²) < 4.78 is 5.02. The molecule has 0 aliphatic rings. The van der Waals surface area contributed by atoms with Crippen molar-refractivity contribution in [2.45, 2.75) is 45.6 Å². The number of unbranched alkanes of at least 4 members (excludes halogenated alkanes) is 2. The molecule has 4 nitrogen and oxygen atoms in total. The van der Waals surface area contributed by atoms with E-state index in [-0.39, 0.29) is 0 Å². The predicted molar refractivity (Wildman–Crippen MR) is 53.8 cm³/mol. The van der Waals surface area contributed by atoms with Gasteiger partial charge in [0.25, 0.3) is 0 Å². The lowest BCUT2D eigenvalue weighted by atomic mass is 10.2. The fourth-order valence-electron chi connectivity index (χ4n) is 0.827. The lowest BCUT2D eigenvalue weighted by Gasteiger charge is -2.19. The van der Waals surface area contributed by atoms with Crippen LogP contribution in [0.1, 0.15) is 40.0 Å². The number of ether oxygens (including phenoxy) is 1. The zero-order valence-electron chi connectivity index (χ0n) is 9.05. The van der Waals surface area contributed by atoms with Crippen LogP contribution >= 0.6 is 0 Å². The smallest absolute Gasteiger partial charge is 0.407 e. The molecule has 0 saturated carbocycles. The molecular weight excluding hydrogens is 182 g/mol. The van der Waals surface area contributed by atoms with E-state index in [1.54, 1.807) is 6.29 Å². The second-order valence-corrected chi connectivity index (χ2v) is 4.03. The van der Waals surface area contributed by atoms with Gasteiger partial charge in [-0.3, -0.25) is 4.79 Å². The van der Waals surface area contributed by atoms with Gasteiger partial charge in [-0.15, -0.1) is 0 Å². The maximum absolute atomic E-state index is 11.1. The highest BCUT2D eigenvalue weighted by Gasteiger charge is 2.15. The van der Waals surface area contributed by atoms with E-state index >= 15 is 0 Å². The van der Waals surface area contributed by atoms with Crippen LogP contribution in [0.2, 0.25) is 0 Å². The minimum absolute atomic E-state index is 0.410. The van der Waals surface area contributed by atoms with Gasteiger partial charge in [0.05, 0.1) is 0 Å². The average molecular weight is 200 g/mol. The van der Waals surface area contributed by atoms with Crippen LogP contribution in [0.15, 0.2) is 0 Å². The Bertz CT molecular complexity index is 184. The minimum atomic E-state index is -0.458. The fraction of sp³-hybridized carbons (Fsp3) is 0.800. The molecule has 0 aromatic carbocycles. The van der Waals surface area contributed by atoms with E-state index in [0.717, 1.165) is 12.8 Å². The number of nitrogens with one attached hydrogen (secondary N) is 1. The van der Waals surface area contributed by atoms with Gasteiger partial charge in [0, 0.05) is 13.0 Å². The third-order valence-corrected chi connectivity index (χ3v) is 1.37. The van der Waals surface area contributed by atoms with Crippen molar-refractivity contribution in [3.63, 3.8) is 0 Å². The summed E-state index contributed by atoms with van der Waals surface area (Å²) in [6, 6.07) is 0. The zero-order valence-corrected chi connectivity index (χ0v) is 9.05. The first kappa shape index (κ1) is 12.9. The SMILES string of the molecule is CC(C)(C)OC(=O)NCCCC[C]=O. The van der Waals surface area contributed by atoms with E-state index in [1.165, 1.54) is 0 Å². The molecule has 0 spiro atoms. The normalized spacial score (nSPS) is 10.8. The highest BCUT2D eigenvalue weighted by atomic mass is 16.6. The molecule has 0 aliphatic carbocycles. The van der Waals surface area contributed by atoms with Crippen LogP contribution in [0.3, 0.4) is 0 Å². The number of alkyl carbamates (subject to hydrolysis) is 1. The van der Waals surface area contributed by atoms with Crippen LogP contribution in [0.4, 0.5) is 4.79 Å². The molecule has 1 amide bonds. The van der Waals surface area contributed by atoms with Gasteiger partial charge in [0.15, 0.2) is 6.29 Å². The molecule has 14 heavy (non-hydrogen) atoms. The second kappa shape index (κ2) is 6.40. The van der Waals surface area contributed by atoms with E-state index < -0.39 is 11.7 Å². The first-order valence-electron chi connectivity index (χ1n) is 4.77. The number of hydrogen-bond donors (Lipinski definition) is 1. The summed E-state index contributed by atoms with van der Waals surface area (Å²) in [6.45, 7) is 5.98. The van der Waals surface area contributed by atoms with Crippen molar-refractivity contribution < 1.29 is 14.3 Å². The molecule has 1 radical (unpaired) electrons. The maximum Gasteiger partial charge on any atom is 0.407 e. The Hall–Kier alpha value is -1.06. The number of hydrogen-bond acceptors (Lipinski definition) is 3. The van der Waals surface area contributed by atoms with Crippen molar-refractivity contribution in [3.05, 3.63) is 0 Å². The van der Waals surface area contributed by atoms with Crippen LogP contribution < -0.4 is 5.32 Å². The number of carbonyl (C=O) groups excluding carboxylic acids is 2. The first-order valence-corrected chi connectivity index (χ1v) is 4.77. The predicted octanol–water partition coefficient (Wildman–Crippen LogP) is 1.79. The van der Waals surface area contributed by atoms with Crippen molar-refractivity contribution in [3.8, 4) is 0 Å². The molecule has 0 aromatic rings. The Labute approximate surface area is 85.0 Å². The summed E-state index contributed by atoms with van der Waals surface area (Å²) in [4.78, 5) is 20.9. The number of amides is 1. The summed E-state index contributed by atoms with van der Waals surface area (Å²) in [5.41, 5.74) is -0.458. The summed E-state index contributed by atoms with van der Waals surface area (Å²) >= 11 is 0. The van der Waals surface area contributed by atoms with E-state index in [0.29, 0.717) is 13.0 Å². The van der Waals surface area contributed by atoms with Crippen molar-refractivity contribution in [2.24, 2.45) is 0 Å². The molecule has 0 heterocycles. The quantitative estimate of drug-likeness (QED) is 0.688. The number of rotatable bonds is 5. The van der Waals surface area contributed by atoms with Gasteiger partial charge in [-0.1, -0.05) is 0 Å². The molecule has 0 saturated heterocycles. The Kier molecular flexibility index (Phi) is 5.92. The van der Waals surface area contributed by atoms with Gasteiger partial charge in [0.1, 0.15) is 5.60 Å². The maximum atomic E-state index is 11.1. The van der Waals surface area contributed by atoms with Crippen molar-refractivity contribution in [1.82, 2.24) is 5.32 Å². The van der Waals surface area contributed by atoms with Crippen molar-refractivity contribution in [1.29, 1.82) is 0 Å². The van der Waals surface area contributed by atoms with E-state index in [1.807, 2.05) is 20.8 Å². The third kappa shape index (κ3) is 9.03. The molecule has 0 fully saturated rings. The fourth-order valence-corrected chi connectivity index (χ4v) is 0.827. The molecule has 0 bridgehead atoms. The van der Waals surface area contributed by atoms with Crippen LogP contribution in [-0.4, -0.2) is 24.5 Å². The summed E-state index contributed by atoms with van der Waals surface area (Å²) in [7, 11) is 0. The molecular formula is C10H18NO3. The third-order valence-electron chi connectivity index (χ3n) is 1.37. The lowest BCUT2D eigenvalue weighted by molar-refractivity contribution is 0.0527. The molecule has 4 heteroatoms. The van der Waals surface area contributed by atoms with Gasteiger partial charge in [-0.25, -0.2) is 4.79 Å². The van der Waals surface area contributed by atoms with Crippen LogP contribution in [0.5, 0.6) is 0 Å². The first-order chi connectivity index (χ1) is 6.45. The molecule has 0 rings (SSSR count). The average Bonchev–Trinajstić information content (AvgIpc) is 2.00. The van der Waals surface area contributed by atoms with Gasteiger partial charge < -0.3 is 10.1 Å². The van der Waals surface area contributed by atoms with Crippen molar-refractivity contribution >= 4 is 12.4 Å². The van der Waals surface area contributed by atoms with Crippen LogP contribution in [0.25, 0.3) is 0 Å². The van der Waals surface area contributed by atoms with Gasteiger partial charge in [-0.2, -0.15) is 0 Å². The van der Waals surface area contributed by atoms with Gasteiger partial charge >= 0.3 is 6.09 Å². The standard InChI is InChI=1S/C10H18NO3/c1-10(2,3)14-9(13)11-7-5-4-6-8-12/h4-7H2,1-3H3,(H,11,13). The molecule has 0 aromatic heterocycles. The van der Waals surface area contributed by atoms with Gasteiger partial charge in [-0.05, 0) is 33.6 Å². The Balaban J connectivity index is 3.41. The monoisotopic (exact) mass is 200 g/mol. The zero-order chi connectivity index (χ0) is 11.0. The van der Waals surface area contributed by atoms with E-state index in [4.69, 9.17) is 4.74 Å². The van der Waals surface area contributed by atoms with E-state index in [9.17, 15) is 9.59 Å². The van der Waals surface area contributed by atoms with E-state index in [2.05, 4.69) is 5.32 Å². The minimum Gasteiger partial charge on any atom is -0.444 e. The Morgan fingerprint density at radius 3 is 2.50 bits per heavy atom. The van der Waals surface area contributed by atoms with Gasteiger partial charge in [0.2, 0.25) is 0 Å². The Morgan fingerprint density at radius 1 is 1.36 bits per heavy atom. The second-order valence-electron chi connectivity index (χ2n) is 4.03. The lowest BCUT2D eigenvalue weighted by Crippen LogP contribution is -2.32. The van der Waals surface area contributed by atoms with Crippen LogP contribution in [0, 0.1) is 0 Å². The molecule has 0 unspecified atom stereocenters. The largest absolute Gasteiger partial charge is 0.444 e. The van der Waals surface area contributed by atoms with Crippen LogP contribution in [-0.2, 0) is 9.53 Å².